The smallest absolute Gasteiger partial charge is 0.253 e. The molecule has 1 aromatic carbocycles. The van der Waals surface area contributed by atoms with Gasteiger partial charge in [0, 0.05) is 52.4 Å². The Morgan fingerprint density at radius 3 is 2.71 bits per heavy atom. The summed E-state index contributed by atoms with van der Waals surface area (Å²) < 4.78 is 0. The Balaban J connectivity index is 1.57. The molecule has 0 bridgehead atoms. The molecule has 6 heteroatoms. The second-order valence-corrected chi connectivity index (χ2v) is 10.5. The van der Waals surface area contributed by atoms with E-state index in [2.05, 4.69) is 43.3 Å². The predicted octanol–water partition coefficient (Wildman–Crippen LogP) is 5.99. The molecule has 1 atom stereocenters. The van der Waals surface area contributed by atoms with Crippen LogP contribution in [0.25, 0.3) is 21.6 Å². The molecule has 2 aromatic heterocycles. The van der Waals surface area contributed by atoms with Crippen LogP contribution in [0, 0.1) is 0 Å². The maximum Gasteiger partial charge on any atom is 0.253 e. The van der Waals surface area contributed by atoms with E-state index in [1.165, 1.54) is 0 Å². The lowest BCUT2D eigenvalue weighted by molar-refractivity contribution is 0.0709. The molecule has 1 saturated heterocycles. The van der Waals surface area contributed by atoms with Crippen LogP contribution in [0.3, 0.4) is 0 Å². The van der Waals surface area contributed by atoms with Crippen molar-refractivity contribution < 1.29 is 4.79 Å². The Labute approximate surface area is 193 Å². The SMILES string of the molecule is CC(C)(C)c1cc(-c2csc(-c3ccc(C(=O)N4CCCC(N)C4)cc3Cl)c2)ccn1. The van der Waals surface area contributed by atoms with Crippen LogP contribution in [0.15, 0.2) is 48.0 Å². The van der Waals surface area contributed by atoms with Crippen molar-refractivity contribution in [1.29, 1.82) is 0 Å². The highest BCUT2D eigenvalue weighted by molar-refractivity contribution is 7.14. The number of benzene rings is 1. The number of piperidine rings is 1. The van der Waals surface area contributed by atoms with Gasteiger partial charge in [-0.05, 0) is 59.7 Å². The van der Waals surface area contributed by atoms with E-state index in [4.69, 9.17) is 17.3 Å². The molecule has 4 nitrogen and oxygen atoms in total. The number of carbonyl (C=O) groups excluding carboxylic acids is 1. The molecular formula is C25H28ClN3OS. The average molecular weight is 454 g/mol. The summed E-state index contributed by atoms with van der Waals surface area (Å²) in [5.41, 5.74) is 10.9. The third-order valence-electron chi connectivity index (χ3n) is 5.69. The van der Waals surface area contributed by atoms with Crippen molar-refractivity contribution in [3.63, 3.8) is 0 Å². The topological polar surface area (TPSA) is 59.2 Å². The van der Waals surface area contributed by atoms with Crippen LogP contribution < -0.4 is 5.73 Å². The van der Waals surface area contributed by atoms with E-state index in [0.29, 0.717) is 17.1 Å². The maximum atomic E-state index is 12.9. The molecule has 1 unspecified atom stereocenters. The molecule has 1 fully saturated rings. The quantitative estimate of drug-likeness (QED) is 0.529. The van der Waals surface area contributed by atoms with Crippen molar-refractivity contribution in [1.82, 2.24) is 9.88 Å². The van der Waals surface area contributed by atoms with Crippen molar-refractivity contribution in [3.8, 4) is 21.6 Å². The molecule has 3 heterocycles. The molecule has 4 rings (SSSR count). The Bertz CT molecular complexity index is 1100. The van der Waals surface area contributed by atoms with Gasteiger partial charge in [0.05, 0.1) is 5.02 Å². The molecule has 3 aromatic rings. The van der Waals surface area contributed by atoms with E-state index in [1.54, 1.807) is 17.4 Å². The molecule has 0 spiro atoms. The number of carbonyl (C=O) groups is 1. The van der Waals surface area contributed by atoms with Gasteiger partial charge in [-0.25, -0.2) is 0 Å². The lowest BCUT2D eigenvalue weighted by Crippen LogP contribution is -2.45. The molecule has 31 heavy (non-hydrogen) atoms. The molecule has 162 valence electrons. The molecule has 0 aliphatic carbocycles. The molecule has 0 radical (unpaired) electrons. The Kier molecular flexibility index (Phi) is 6.20. The zero-order chi connectivity index (χ0) is 22.2. The monoisotopic (exact) mass is 453 g/mol. The maximum absolute atomic E-state index is 12.9. The number of likely N-dealkylation sites (tertiary alicyclic amines) is 1. The Morgan fingerprint density at radius 1 is 1.19 bits per heavy atom. The van der Waals surface area contributed by atoms with Crippen LogP contribution in [-0.2, 0) is 5.41 Å². The highest BCUT2D eigenvalue weighted by atomic mass is 35.5. The minimum atomic E-state index is -0.00118. The first-order chi connectivity index (χ1) is 14.7. The Hall–Kier alpha value is -2.21. The van der Waals surface area contributed by atoms with E-state index in [0.717, 1.165) is 46.6 Å². The van der Waals surface area contributed by atoms with Gasteiger partial charge in [0.25, 0.3) is 5.91 Å². The second-order valence-electron chi connectivity index (χ2n) is 9.23. The van der Waals surface area contributed by atoms with Gasteiger partial charge in [-0.1, -0.05) is 38.4 Å². The summed E-state index contributed by atoms with van der Waals surface area (Å²) in [6.07, 6.45) is 3.79. The van der Waals surface area contributed by atoms with Crippen LogP contribution in [-0.4, -0.2) is 34.9 Å². The highest BCUT2D eigenvalue weighted by Gasteiger charge is 2.23. The van der Waals surface area contributed by atoms with Crippen molar-refractivity contribution in [2.75, 3.05) is 13.1 Å². The Morgan fingerprint density at radius 2 is 2.00 bits per heavy atom. The number of rotatable bonds is 3. The number of hydrogen-bond acceptors (Lipinski definition) is 4. The third-order valence-corrected chi connectivity index (χ3v) is 6.96. The number of halogens is 1. The van der Waals surface area contributed by atoms with Gasteiger partial charge in [0.2, 0.25) is 0 Å². The van der Waals surface area contributed by atoms with Crippen LogP contribution in [0.2, 0.25) is 5.02 Å². The van der Waals surface area contributed by atoms with E-state index in [9.17, 15) is 4.79 Å². The number of amides is 1. The van der Waals surface area contributed by atoms with E-state index >= 15 is 0 Å². The lowest BCUT2D eigenvalue weighted by atomic mass is 9.90. The van der Waals surface area contributed by atoms with Crippen molar-refractivity contribution >= 4 is 28.8 Å². The summed E-state index contributed by atoms with van der Waals surface area (Å²) in [6.45, 7) is 7.85. The molecule has 0 saturated carbocycles. The zero-order valence-electron chi connectivity index (χ0n) is 18.2. The fourth-order valence-electron chi connectivity index (χ4n) is 3.87. The second kappa shape index (κ2) is 8.73. The fraction of sp³-hybridized carbons (Fsp3) is 0.360. The number of hydrogen-bond donors (Lipinski definition) is 1. The van der Waals surface area contributed by atoms with Gasteiger partial charge in [0.15, 0.2) is 0 Å². The third kappa shape index (κ3) is 4.84. The normalized spacial score (nSPS) is 17.1. The van der Waals surface area contributed by atoms with Gasteiger partial charge in [-0.2, -0.15) is 0 Å². The van der Waals surface area contributed by atoms with Crippen LogP contribution in [0.1, 0.15) is 49.7 Å². The first-order valence-electron chi connectivity index (χ1n) is 10.6. The molecule has 1 aliphatic heterocycles. The summed E-state index contributed by atoms with van der Waals surface area (Å²) in [5.74, 6) is 0.00182. The van der Waals surface area contributed by atoms with Crippen molar-refractivity contribution in [3.05, 3.63) is 64.3 Å². The largest absolute Gasteiger partial charge is 0.337 e. The predicted molar refractivity (Wildman–Crippen MR) is 130 cm³/mol. The zero-order valence-corrected chi connectivity index (χ0v) is 19.8. The number of thiophene rings is 1. The number of pyridine rings is 1. The number of nitrogens with zero attached hydrogens (tertiary/aromatic N) is 2. The summed E-state index contributed by atoms with van der Waals surface area (Å²) >= 11 is 8.27. The number of aromatic nitrogens is 1. The summed E-state index contributed by atoms with van der Waals surface area (Å²) in [5, 5.41) is 2.73. The van der Waals surface area contributed by atoms with Crippen LogP contribution in [0.4, 0.5) is 0 Å². The van der Waals surface area contributed by atoms with Crippen molar-refractivity contribution in [2.24, 2.45) is 5.73 Å². The standard InChI is InChI=1S/C25H28ClN3OS/c1-25(2,3)23-13-16(8-9-28-23)18-12-22(31-15-18)20-7-6-17(11-21(20)26)24(30)29-10-4-5-19(27)14-29/h6-9,11-13,15,19H,4-5,10,14,27H2,1-3H3. The summed E-state index contributed by atoms with van der Waals surface area (Å²) in [4.78, 5) is 20.3. The molecule has 1 aliphatic rings. The summed E-state index contributed by atoms with van der Waals surface area (Å²) in [6, 6.07) is 12.0. The van der Waals surface area contributed by atoms with Gasteiger partial charge in [-0.3, -0.25) is 9.78 Å². The fourth-order valence-corrected chi connectivity index (χ4v) is 5.17. The molecular weight excluding hydrogens is 426 g/mol. The number of nitrogens with two attached hydrogens (primary N) is 1. The van der Waals surface area contributed by atoms with Crippen LogP contribution in [0.5, 0.6) is 0 Å². The van der Waals surface area contributed by atoms with Crippen molar-refractivity contribution in [2.45, 2.75) is 45.1 Å². The first-order valence-corrected chi connectivity index (χ1v) is 11.9. The highest BCUT2D eigenvalue weighted by Crippen LogP contribution is 2.37. The van der Waals surface area contributed by atoms with Crippen LogP contribution >= 0.6 is 22.9 Å². The van der Waals surface area contributed by atoms with Gasteiger partial charge in [-0.15, -0.1) is 11.3 Å². The van der Waals surface area contributed by atoms with E-state index < -0.39 is 0 Å². The van der Waals surface area contributed by atoms with E-state index in [-0.39, 0.29) is 17.4 Å². The van der Waals surface area contributed by atoms with Gasteiger partial charge >= 0.3 is 0 Å². The summed E-state index contributed by atoms with van der Waals surface area (Å²) in [7, 11) is 0. The molecule has 1 amide bonds. The van der Waals surface area contributed by atoms with Gasteiger partial charge < -0.3 is 10.6 Å². The lowest BCUT2D eigenvalue weighted by Gasteiger charge is -2.30. The molecule has 2 N–H and O–H groups in total. The average Bonchev–Trinajstić information content (AvgIpc) is 3.22. The minimum absolute atomic E-state index is 0.00118. The van der Waals surface area contributed by atoms with E-state index in [1.807, 2.05) is 29.3 Å². The van der Waals surface area contributed by atoms with Gasteiger partial charge in [0.1, 0.15) is 0 Å². The minimum Gasteiger partial charge on any atom is -0.337 e. The first kappa shape index (κ1) is 22.0.